The molecular weight excluding hydrogens is 320 g/mol. The van der Waals surface area contributed by atoms with E-state index >= 15 is 0 Å². The average Bonchev–Trinajstić information content (AvgIpc) is 2.96. The highest BCUT2D eigenvalue weighted by atomic mass is 79.9. The van der Waals surface area contributed by atoms with Crippen molar-refractivity contribution in [2.24, 2.45) is 0 Å². The largest absolute Gasteiger partial charge is 0.294 e. The van der Waals surface area contributed by atoms with Crippen LogP contribution in [0.25, 0.3) is 16.2 Å². The topological polar surface area (TPSA) is 17.3 Å². The molecule has 3 aromatic rings. The molecule has 0 atom stereocenters. The van der Waals surface area contributed by atoms with Gasteiger partial charge in [0, 0.05) is 26.8 Å². The van der Waals surface area contributed by atoms with Crippen molar-refractivity contribution in [3.63, 3.8) is 0 Å². The Bertz CT molecular complexity index is 757. The maximum absolute atomic E-state index is 4.79. The van der Waals surface area contributed by atoms with E-state index in [2.05, 4.69) is 44.7 Å². The summed E-state index contributed by atoms with van der Waals surface area (Å²) in [7, 11) is 0. The lowest BCUT2D eigenvalue weighted by Crippen LogP contribution is -2.01. The number of imidazole rings is 1. The van der Waals surface area contributed by atoms with E-state index in [1.165, 1.54) is 41.8 Å². The van der Waals surface area contributed by atoms with Crippen molar-refractivity contribution in [3.05, 3.63) is 45.5 Å². The summed E-state index contributed by atoms with van der Waals surface area (Å²) >= 11 is 5.38. The highest BCUT2D eigenvalue weighted by Crippen LogP contribution is 2.32. The third-order valence-electron chi connectivity index (χ3n) is 3.69. The molecule has 0 unspecified atom stereocenters. The summed E-state index contributed by atoms with van der Waals surface area (Å²) < 4.78 is 3.40. The highest BCUT2D eigenvalue weighted by molar-refractivity contribution is 9.10. The van der Waals surface area contributed by atoms with E-state index in [4.69, 9.17) is 4.98 Å². The van der Waals surface area contributed by atoms with E-state index in [9.17, 15) is 0 Å². The standard InChI is InChI=1S/C15H13BrN2S/c16-11-5-3-4-10(8-11)12-9-18-13-6-1-2-7-14(13)19-15(18)17-12/h3-5,8-9H,1-2,6-7H2. The molecule has 4 heteroatoms. The molecule has 4 rings (SSSR count). The lowest BCUT2D eigenvalue weighted by molar-refractivity contribution is 0.674. The van der Waals surface area contributed by atoms with Crippen LogP contribution in [-0.4, -0.2) is 9.38 Å². The molecule has 2 heterocycles. The van der Waals surface area contributed by atoms with Gasteiger partial charge in [0.25, 0.3) is 0 Å². The van der Waals surface area contributed by atoms with Crippen molar-refractivity contribution in [1.82, 2.24) is 9.38 Å². The van der Waals surface area contributed by atoms with Gasteiger partial charge in [0.15, 0.2) is 4.96 Å². The van der Waals surface area contributed by atoms with Crippen LogP contribution in [-0.2, 0) is 12.8 Å². The van der Waals surface area contributed by atoms with Gasteiger partial charge in [0.1, 0.15) is 0 Å². The third kappa shape index (κ3) is 1.94. The van der Waals surface area contributed by atoms with Crippen LogP contribution in [0.4, 0.5) is 0 Å². The smallest absolute Gasteiger partial charge is 0.194 e. The van der Waals surface area contributed by atoms with Gasteiger partial charge in [0.2, 0.25) is 0 Å². The molecule has 19 heavy (non-hydrogen) atoms. The minimum absolute atomic E-state index is 1.07. The summed E-state index contributed by atoms with van der Waals surface area (Å²) in [4.78, 5) is 7.47. The lowest BCUT2D eigenvalue weighted by Gasteiger charge is -2.09. The second-order valence-corrected chi connectivity index (χ2v) is 6.95. The predicted molar refractivity (Wildman–Crippen MR) is 82.8 cm³/mol. The first kappa shape index (κ1) is 11.7. The van der Waals surface area contributed by atoms with Crippen molar-refractivity contribution in [1.29, 1.82) is 0 Å². The van der Waals surface area contributed by atoms with Gasteiger partial charge < -0.3 is 0 Å². The minimum atomic E-state index is 1.07. The second kappa shape index (κ2) is 4.46. The molecule has 0 N–H and O–H groups in total. The Labute approximate surface area is 124 Å². The monoisotopic (exact) mass is 332 g/mol. The predicted octanol–water partition coefficient (Wildman–Crippen LogP) is 4.70. The molecule has 0 radical (unpaired) electrons. The summed E-state index contributed by atoms with van der Waals surface area (Å²) in [6.07, 6.45) is 7.26. The van der Waals surface area contributed by atoms with Gasteiger partial charge in [-0.25, -0.2) is 4.98 Å². The maximum Gasteiger partial charge on any atom is 0.194 e. The molecule has 0 saturated carbocycles. The Morgan fingerprint density at radius 3 is 3.00 bits per heavy atom. The molecule has 1 aromatic carbocycles. The summed E-state index contributed by atoms with van der Waals surface area (Å²) in [5.74, 6) is 0. The number of hydrogen-bond donors (Lipinski definition) is 0. The van der Waals surface area contributed by atoms with E-state index in [-0.39, 0.29) is 0 Å². The first-order chi connectivity index (χ1) is 9.31. The van der Waals surface area contributed by atoms with Crippen LogP contribution in [0.3, 0.4) is 0 Å². The van der Waals surface area contributed by atoms with E-state index in [1.54, 1.807) is 0 Å². The Morgan fingerprint density at radius 2 is 2.11 bits per heavy atom. The zero-order valence-electron chi connectivity index (χ0n) is 10.4. The summed E-state index contributed by atoms with van der Waals surface area (Å²) in [5.41, 5.74) is 3.73. The van der Waals surface area contributed by atoms with Gasteiger partial charge in [-0.3, -0.25) is 4.40 Å². The number of halogens is 1. The number of rotatable bonds is 1. The number of nitrogens with zero attached hydrogens (tertiary/aromatic N) is 2. The second-order valence-electron chi connectivity index (χ2n) is 4.97. The normalized spacial score (nSPS) is 14.8. The summed E-state index contributed by atoms with van der Waals surface area (Å²) in [5, 5.41) is 0. The van der Waals surface area contributed by atoms with Crippen molar-refractivity contribution in [3.8, 4) is 11.3 Å². The molecule has 0 fully saturated rings. The fourth-order valence-corrected chi connectivity index (χ4v) is 4.34. The fourth-order valence-electron chi connectivity index (χ4n) is 2.75. The summed E-state index contributed by atoms with van der Waals surface area (Å²) in [6, 6.07) is 8.34. The van der Waals surface area contributed by atoms with E-state index in [1.807, 2.05) is 17.4 Å². The number of thiazole rings is 1. The minimum Gasteiger partial charge on any atom is -0.294 e. The lowest BCUT2D eigenvalue weighted by atomic mass is 10.0. The number of aromatic nitrogens is 2. The van der Waals surface area contributed by atoms with Crippen molar-refractivity contribution in [2.45, 2.75) is 25.7 Å². The van der Waals surface area contributed by atoms with Gasteiger partial charge in [0.05, 0.1) is 5.69 Å². The highest BCUT2D eigenvalue weighted by Gasteiger charge is 2.18. The van der Waals surface area contributed by atoms with Gasteiger partial charge in [-0.1, -0.05) is 28.1 Å². The zero-order chi connectivity index (χ0) is 12.8. The molecule has 2 nitrogen and oxygen atoms in total. The van der Waals surface area contributed by atoms with Crippen molar-refractivity contribution >= 4 is 32.2 Å². The van der Waals surface area contributed by atoms with Crippen molar-refractivity contribution in [2.75, 3.05) is 0 Å². The zero-order valence-corrected chi connectivity index (χ0v) is 12.8. The molecule has 2 aromatic heterocycles. The van der Waals surface area contributed by atoms with Gasteiger partial charge >= 0.3 is 0 Å². The van der Waals surface area contributed by atoms with E-state index in [0.717, 1.165) is 15.1 Å². The number of hydrogen-bond acceptors (Lipinski definition) is 2. The maximum atomic E-state index is 4.79. The molecule has 0 spiro atoms. The fraction of sp³-hybridized carbons (Fsp3) is 0.267. The van der Waals surface area contributed by atoms with Crippen LogP contribution in [0.1, 0.15) is 23.4 Å². The van der Waals surface area contributed by atoms with Crippen LogP contribution < -0.4 is 0 Å². The Morgan fingerprint density at radius 1 is 1.21 bits per heavy atom. The van der Waals surface area contributed by atoms with E-state index < -0.39 is 0 Å². The van der Waals surface area contributed by atoms with E-state index in [0.29, 0.717) is 0 Å². The van der Waals surface area contributed by atoms with Gasteiger partial charge in [-0.15, -0.1) is 11.3 Å². The molecule has 1 aliphatic carbocycles. The Balaban J connectivity index is 1.86. The van der Waals surface area contributed by atoms with Gasteiger partial charge in [-0.05, 0) is 37.8 Å². The Kier molecular flexibility index (Phi) is 2.74. The van der Waals surface area contributed by atoms with Crippen LogP contribution in [0.15, 0.2) is 34.9 Å². The molecule has 1 aliphatic rings. The molecule has 96 valence electrons. The molecule has 0 aliphatic heterocycles. The molecule has 0 saturated heterocycles. The molecular formula is C15H13BrN2S. The average molecular weight is 333 g/mol. The van der Waals surface area contributed by atoms with Crippen LogP contribution in [0.2, 0.25) is 0 Å². The number of aryl methyl sites for hydroxylation is 2. The summed E-state index contributed by atoms with van der Waals surface area (Å²) in [6.45, 7) is 0. The quantitative estimate of drug-likeness (QED) is 0.631. The van der Waals surface area contributed by atoms with Gasteiger partial charge in [-0.2, -0.15) is 0 Å². The number of benzene rings is 1. The first-order valence-electron chi connectivity index (χ1n) is 6.57. The van der Waals surface area contributed by atoms with Crippen LogP contribution in [0, 0.1) is 0 Å². The first-order valence-corrected chi connectivity index (χ1v) is 8.18. The molecule has 0 amide bonds. The van der Waals surface area contributed by atoms with Crippen molar-refractivity contribution < 1.29 is 0 Å². The van der Waals surface area contributed by atoms with Crippen LogP contribution >= 0.6 is 27.3 Å². The SMILES string of the molecule is Brc1cccc(-c2cn3c4c(sc3n2)CCCC4)c1. The van der Waals surface area contributed by atoms with Crippen LogP contribution in [0.5, 0.6) is 0 Å². The third-order valence-corrected chi connectivity index (χ3v) is 5.34. The Hall–Kier alpha value is -1.13. The molecule has 0 bridgehead atoms. The number of fused-ring (bicyclic) bond motifs is 3.